The van der Waals surface area contributed by atoms with Gasteiger partial charge >= 0.3 is 0 Å². The number of hydrogen-bond acceptors (Lipinski definition) is 4. The second-order valence-corrected chi connectivity index (χ2v) is 4.78. The summed E-state index contributed by atoms with van der Waals surface area (Å²) in [6.45, 7) is 0.109. The quantitative estimate of drug-likeness (QED) is 0.660. The molecule has 0 bridgehead atoms. The average Bonchev–Trinajstić information content (AvgIpc) is 3.19. The molecule has 0 unspecified atom stereocenters. The molecular weight excluding hydrogens is 272 g/mol. The second kappa shape index (κ2) is 5.54. The summed E-state index contributed by atoms with van der Waals surface area (Å²) in [6, 6.07) is 4.12. The lowest BCUT2D eigenvalue weighted by molar-refractivity contribution is -0.384. The third-order valence-corrected chi connectivity index (χ3v) is 3.30. The van der Waals surface area contributed by atoms with Crippen molar-refractivity contribution in [3.8, 4) is 0 Å². The Kier molecular flexibility index (Phi) is 4.01. The molecule has 0 saturated heterocycles. The highest BCUT2D eigenvalue weighted by molar-refractivity contribution is 6.32. The summed E-state index contributed by atoms with van der Waals surface area (Å²) in [5.41, 5.74) is -0.0660. The van der Waals surface area contributed by atoms with E-state index < -0.39 is 4.92 Å². The molecule has 0 aromatic heterocycles. The largest absolute Gasteiger partial charge is 0.395 e. The van der Waals surface area contributed by atoms with E-state index in [1.54, 1.807) is 4.90 Å². The lowest BCUT2D eigenvalue weighted by Crippen LogP contribution is -2.35. The molecular formula is C12H13ClN2O4. The first-order valence-corrected chi connectivity index (χ1v) is 6.28. The number of carbonyl (C=O) groups excluding carboxylic acids is 1. The van der Waals surface area contributed by atoms with Crippen LogP contribution in [-0.4, -0.2) is 40.0 Å². The first-order chi connectivity index (χ1) is 9.04. The number of nitrogens with zero attached hydrogens (tertiary/aromatic N) is 2. The molecule has 19 heavy (non-hydrogen) atoms. The average molecular weight is 285 g/mol. The highest BCUT2D eigenvalue weighted by Gasteiger charge is 2.33. The SMILES string of the molecule is O=C(c1ccc(Cl)c([N+](=O)[O-])c1)N(CCO)C1CC1. The Morgan fingerprint density at radius 1 is 1.53 bits per heavy atom. The fourth-order valence-corrected chi connectivity index (χ4v) is 2.08. The molecule has 0 atom stereocenters. The Balaban J connectivity index is 2.27. The first kappa shape index (κ1) is 13.8. The number of nitro groups is 1. The van der Waals surface area contributed by atoms with Crippen LogP contribution in [0.4, 0.5) is 5.69 Å². The summed E-state index contributed by atoms with van der Waals surface area (Å²) in [4.78, 5) is 24.0. The molecule has 1 saturated carbocycles. The van der Waals surface area contributed by atoms with E-state index in [9.17, 15) is 14.9 Å². The molecule has 1 amide bonds. The lowest BCUT2D eigenvalue weighted by atomic mass is 10.1. The summed E-state index contributed by atoms with van der Waals surface area (Å²) in [6.07, 6.45) is 1.81. The van der Waals surface area contributed by atoms with Gasteiger partial charge in [0.1, 0.15) is 5.02 Å². The van der Waals surface area contributed by atoms with Gasteiger partial charge in [0.2, 0.25) is 0 Å². The standard InChI is InChI=1S/C12H13ClN2O4/c13-10-4-1-8(7-11(10)15(18)19)12(17)14(5-6-16)9-2-3-9/h1,4,7,9,16H,2-3,5-6H2. The number of nitro benzene ring substituents is 1. The minimum absolute atomic E-state index is 0.00156. The van der Waals surface area contributed by atoms with Gasteiger partial charge in [-0.25, -0.2) is 0 Å². The minimum Gasteiger partial charge on any atom is -0.395 e. The van der Waals surface area contributed by atoms with Gasteiger partial charge in [-0.2, -0.15) is 0 Å². The third kappa shape index (κ3) is 3.02. The molecule has 2 rings (SSSR count). The van der Waals surface area contributed by atoms with Crippen LogP contribution in [0.2, 0.25) is 5.02 Å². The fraction of sp³-hybridized carbons (Fsp3) is 0.417. The van der Waals surface area contributed by atoms with Crippen molar-refractivity contribution in [1.29, 1.82) is 0 Å². The van der Waals surface area contributed by atoms with Gasteiger partial charge in [0.15, 0.2) is 0 Å². The van der Waals surface area contributed by atoms with Crippen LogP contribution >= 0.6 is 11.6 Å². The van der Waals surface area contributed by atoms with Crippen molar-refractivity contribution in [2.24, 2.45) is 0 Å². The molecule has 102 valence electrons. The molecule has 0 spiro atoms. The van der Waals surface area contributed by atoms with Crippen molar-refractivity contribution in [2.45, 2.75) is 18.9 Å². The van der Waals surface area contributed by atoms with Crippen molar-refractivity contribution < 1.29 is 14.8 Å². The molecule has 0 heterocycles. The lowest BCUT2D eigenvalue weighted by Gasteiger charge is -2.21. The van der Waals surface area contributed by atoms with Crippen LogP contribution < -0.4 is 0 Å². The molecule has 0 aliphatic heterocycles. The number of benzene rings is 1. The summed E-state index contributed by atoms with van der Waals surface area (Å²) >= 11 is 5.70. The molecule has 1 N–H and O–H groups in total. The smallest absolute Gasteiger partial charge is 0.288 e. The van der Waals surface area contributed by atoms with Crippen molar-refractivity contribution in [2.75, 3.05) is 13.2 Å². The van der Waals surface area contributed by atoms with E-state index in [0.29, 0.717) is 0 Å². The van der Waals surface area contributed by atoms with Gasteiger partial charge in [0.05, 0.1) is 11.5 Å². The van der Waals surface area contributed by atoms with Crippen LogP contribution in [0.5, 0.6) is 0 Å². The minimum atomic E-state index is -0.618. The zero-order chi connectivity index (χ0) is 14.0. The van der Waals surface area contributed by atoms with Gasteiger partial charge < -0.3 is 10.0 Å². The summed E-state index contributed by atoms with van der Waals surface area (Å²) < 4.78 is 0. The number of rotatable bonds is 5. The van der Waals surface area contributed by atoms with E-state index in [0.717, 1.165) is 12.8 Å². The van der Waals surface area contributed by atoms with Gasteiger partial charge in [0.25, 0.3) is 11.6 Å². The van der Waals surface area contributed by atoms with Gasteiger partial charge in [-0.05, 0) is 25.0 Å². The summed E-state index contributed by atoms with van der Waals surface area (Å²) in [7, 11) is 0. The molecule has 6 nitrogen and oxygen atoms in total. The van der Waals surface area contributed by atoms with Crippen molar-refractivity contribution in [3.63, 3.8) is 0 Å². The monoisotopic (exact) mass is 284 g/mol. The highest BCUT2D eigenvalue weighted by Crippen LogP contribution is 2.30. The number of aliphatic hydroxyl groups excluding tert-OH is 1. The predicted octanol–water partition coefficient (Wildman–Crippen LogP) is 1.85. The number of halogens is 1. The number of hydrogen-bond donors (Lipinski definition) is 1. The van der Waals surface area contributed by atoms with Gasteiger partial charge in [-0.15, -0.1) is 0 Å². The number of carbonyl (C=O) groups is 1. The second-order valence-electron chi connectivity index (χ2n) is 4.38. The highest BCUT2D eigenvalue weighted by atomic mass is 35.5. The molecule has 7 heteroatoms. The molecule has 1 aromatic carbocycles. The molecule has 0 radical (unpaired) electrons. The van der Waals surface area contributed by atoms with Gasteiger partial charge in [-0.1, -0.05) is 11.6 Å². The Morgan fingerprint density at radius 3 is 2.74 bits per heavy atom. The Hall–Kier alpha value is -1.66. The summed E-state index contributed by atoms with van der Waals surface area (Å²) in [5.74, 6) is -0.309. The van der Waals surface area contributed by atoms with Crippen molar-refractivity contribution in [3.05, 3.63) is 38.9 Å². The van der Waals surface area contributed by atoms with Crippen molar-refractivity contribution in [1.82, 2.24) is 4.90 Å². The maximum Gasteiger partial charge on any atom is 0.288 e. The Morgan fingerprint density at radius 2 is 2.21 bits per heavy atom. The van der Waals surface area contributed by atoms with Crippen LogP contribution in [0.1, 0.15) is 23.2 Å². The van der Waals surface area contributed by atoms with Crippen LogP contribution in [0.3, 0.4) is 0 Å². The van der Waals surface area contributed by atoms with E-state index >= 15 is 0 Å². The molecule has 1 aliphatic carbocycles. The third-order valence-electron chi connectivity index (χ3n) is 2.98. The van der Waals surface area contributed by atoms with E-state index in [2.05, 4.69) is 0 Å². The van der Waals surface area contributed by atoms with Gasteiger partial charge in [0, 0.05) is 24.2 Å². The molecule has 1 aliphatic rings. The maximum atomic E-state index is 12.3. The van der Waals surface area contributed by atoms with Crippen LogP contribution in [0, 0.1) is 10.1 Å². The summed E-state index contributed by atoms with van der Waals surface area (Å²) in [5, 5.41) is 19.8. The zero-order valence-corrected chi connectivity index (χ0v) is 10.8. The molecule has 1 aromatic rings. The zero-order valence-electron chi connectivity index (χ0n) is 10.1. The predicted molar refractivity (Wildman–Crippen MR) is 69.3 cm³/mol. The Labute approximate surface area is 114 Å². The van der Waals surface area contributed by atoms with Gasteiger partial charge in [-0.3, -0.25) is 14.9 Å². The maximum absolute atomic E-state index is 12.3. The van der Waals surface area contributed by atoms with Crippen LogP contribution in [-0.2, 0) is 0 Å². The normalized spacial score (nSPS) is 14.2. The topological polar surface area (TPSA) is 83.7 Å². The Bertz CT molecular complexity index is 516. The van der Waals surface area contributed by atoms with E-state index in [-0.39, 0.29) is 41.4 Å². The molecule has 1 fully saturated rings. The number of amides is 1. The number of aliphatic hydroxyl groups is 1. The first-order valence-electron chi connectivity index (χ1n) is 5.90. The van der Waals surface area contributed by atoms with E-state index in [1.165, 1.54) is 18.2 Å². The van der Waals surface area contributed by atoms with E-state index in [4.69, 9.17) is 16.7 Å². The van der Waals surface area contributed by atoms with Crippen molar-refractivity contribution >= 4 is 23.2 Å². The fourth-order valence-electron chi connectivity index (χ4n) is 1.90. The van der Waals surface area contributed by atoms with E-state index in [1.807, 2.05) is 0 Å². The van der Waals surface area contributed by atoms with Crippen LogP contribution in [0.25, 0.3) is 0 Å². The van der Waals surface area contributed by atoms with Crippen LogP contribution in [0.15, 0.2) is 18.2 Å².